The van der Waals surface area contributed by atoms with Gasteiger partial charge in [-0.3, -0.25) is 0 Å². The van der Waals surface area contributed by atoms with Gasteiger partial charge in [-0.1, -0.05) is 18.2 Å². The van der Waals surface area contributed by atoms with E-state index < -0.39 is 10.0 Å². The average Bonchev–Trinajstić information content (AvgIpc) is 2.57. The molecule has 0 saturated carbocycles. The molecule has 6 nitrogen and oxygen atoms in total. The minimum atomic E-state index is -3.67. The number of hydrazone groups is 1. The highest BCUT2D eigenvalue weighted by atomic mass is 32.2. The first-order valence-corrected chi connectivity index (χ1v) is 8.46. The fraction of sp³-hybridized carbons (Fsp3) is 0.188. The SMILES string of the molecule is CCOc1ccc(C=NNS(=O)(=O)c2ccccc2)cc1OC. The molecule has 1 N–H and O–H groups in total. The van der Waals surface area contributed by atoms with Crippen molar-refractivity contribution in [1.82, 2.24) is 4.83 Å². The zero-order valence-electron chi connectivity index (χ0n) is 12.9. The Labute approximate surface area is 135 Å². The van der Waals surface area contributed by atoms with Gasteiger partial charge in [-0.25, -0.2) is 4.83 Å². The lowest BCUT2D eigenvalue weighted by atomic mass is 10.2. The fourth-order valence-corrected chi connectivity index (χ4v) is 2.67. The van der Waals surface area contributed by atoms with E-state index in [1.54, 1.807) is 36.4 Å². The Kier molecular flexibility index (Phi) is 5.59. The van der Waals surface area contributed by atoms with Crippen molar-refractivity contribution in [3.8, 4) is 11.5 Å². The third-order valence-corrected chi connectivity index (χ3v) is 4.17. The van der Waals surface area contributed by atoms with E-state index in [4.69, 9.17) is 9.47 Å². The molecular formula is C16H18N2O4S. The lowest BCUT2D eigenvalue weighted by Gasteiger charge is -2.09. The zero-order valence-corrected chi connectivity index (χ0v) is 13.7. The van der Waals surface area contributed by atoms with Crippen LogP contribution in [0.25, 0.3) is 0 Å². The molecule has 0 aromatic heterocycles. The minimum Gasteiger partial charge on any atom is -0.493 e. The molecule has 2 aromatic rings. The molecule has 0 amide bonds. The summed E-state index contributed by atoms with van der Waals surface area (Å²) in [6.45, 7) is 2.41. The normalized spacial score (nSPS) is 11.4. The second-order valence-corrected chi connectivity index (χ2v) is 6.17. The molecule has 0 heterocycles. The number of rotatable bonds is 7. The van der Waals surface area contributed by atoms with Crippen LogP contribution in [0.4, 0.5) is 0 Å². The topological polar surface area (TPSA) is 77.0 Å². The lowest BCUT2D eigenvalue weighted by molar-refractivity contribution is 0.311. The van der Waals surface area contributed by atoms with Gasteiger partial charge in [0.15, 0.2) is 11.5 Å². The molecule has 2 aromatic carbocycles. The molecule has 0 aliphatic carbocycles. The maximum atomic E-state index is 12.0. The number of hydrogen-bond acceptors (Lipinski definition) is 5. The van der Waals surface area contributed by atoms with Gasteiger partial charge >= 0.3 is 0 Å². The van der Waals surface area contributed by atoms with Gasteiger partial charge in [0.1, 0.15) is 0 Å². The van der Waals surface area contributed by atoms with Crippen LogP contribution in [0.2, 0.25) is 0 Å². The van der Waals surface area contributed by atoms with E-state index in [1.165, 1.54) is 25.5 Å². The molecule has 0 radical (unpaired) electrons. The molecule has 0 aliphatic heterocycles. The summed E-state index contributed by atoms with van der Waals surface area (Å²) >= 11 is 0. The van der Waals surface area contributed by atoms with E-state index in [2.05, 4.69) is 9.93 Å². The Bertz CT molecular complexity index is 774. The van der Waals surface area contributed by atoms with Crippen LogP contribution < -0.4 is 14.3 Å². The van der Waals surface area contributed by atoms with Crippen molar-refractivity contribution in [3.63, 3.8) is 0 Å². The molecule has 0 unspecified atom stereocenters. The molecule has 0 spiro atoms. The number of sulfonamides is 1. The molecule has 0 aliphatic rings. The van der Waals surface area contributed by atoms with Gasteiger partial charge in [0.25, 0.3) is 10.0 Å². The Morgan fingerprint density at radius 3 is 2.52 bits per heavy atom. The summed E-state index contributed by atoms with van der Waals surface area (Å²) in [5.41, 5.74) is 0.682. The van der Waals surface area contributed by atoms with Crippen LogP contribution in [0.3, 0.4) is 0 Å². The highest BCUT2D eigenvalue weighted by molar-refractivity contribution is 7.89. The fourth-order valence-electron chi connectivity index (χ4n) is 1.86. The summed E-state index contributed by atoms with van der Waals surface area (Å²) in [6.07, 6.45) is 1.40. The number of benzene rings is 2. The van der Waals surface area contributed by atoms with E-state index in [1.807, 2.05) is 6.92 Å². The van der Waals surface area contributed by atoms with Crippen molar-refractivity contribution in [2.45, 2.75) is 11.8 Å². The summed E-state index contributed by atoms with van der Waals surface area (Å²) in [5.74, 6) is 1.18. The van der Waals surface area contributed by atoms with E-state index in [0.717, 1.165) is 0 Å². The first kappa shape index (κ1) is 16.8. The average molecular weight is 334 g/mol. The lowest BCUT2D eigenvalue weighted by Crippen LogP contribution is -2.18. The Hall–Kier alpha value is -2.54. The van der Waals surface area contributed by atoms with Crippen LogP contribution in [-0.4, -0.2) is 28.3 Å². The molecule has 122 valence electrons. The van der Waals surface area contributed by atoms with Crippen molar-refractivity contribution in [3.05, 3.63) is 54.1 Å². The highest BCUT2D eigenvalue weighted by Gasteiger charge is 2.11. The van der Waals surface area contributed by atoms with Crippen molar-refractivity contribution >= 4 is 16.2 Å². The second-order valence-electron chi connectivity index (χ2n) is 4.51. The summed E-state index contributed by atoms with van der Waals surface area (Å²) in [6, 6.07) is 13.3. The van der Waals surface area contributed by atoms with Gasteiger partial charge in [0.05, 0.1) is 24.8 Å². The monoisotopic (exact) mass is 334 g/mol. The predicted molar refractivity (Wildman–Crippen MR) is 88.5 cm³/mol. The Morgan fingerprint density at radius 1 is 1.13 bits per heavy atom. The smallest absolute Gasteiger partial charge is 0.276 e. The second kappa shape index (κ2) is 7.64. The number of nitrogens with one attached hydrogen (secondary N) is 1. The highest BCUT2D eigenvalue weighted by Crippen LogP contribution is 2.27. The quantitative estimate of drug-likeness (QED) is 0.623. The minimum absolute atomic E-state index is 0.154. The summed E-state index contributed by atoms with van der Waals surface area (Å²) in [7, 11) is -2.13. The van der Waals surface area contributed by atoms with Crippen LogP contribution in [-0.2, 0) is 10.0 Å². The molecule has 0 atom stereocenters. The van der Waals surface area contributed by atoms with Crippen LogP contribution in [0.5, 0.6) is 11.5 Å². The molecule has 0 fully saturated rings. The van der Waals surface area contributed by atoms with Crippen molar-refractivity contribution in [1.29, 1.82) is 0 Å². The van der Waals surface area contributed by atoms with Crippen molar-refractivity contribution in [2.24, 2.45) is 5.10 Å². The molecule has 2 rings (SSSR count). The van der Waals surface area contributed by atoms with Gasteiger partial charge < -0.3 is 9.47 Å². The summed E-state index contributed by atoms with van der Waals surface area (Å²) in [4.78, 5) is 2.32. The number of hydrogen-bond donors (Lipinski definition) is 1. The largest absolute Gasteiger partial charge is 0.493 e. The van der Waals surface area contributed by atoms with E-state index in [9.17, 15) is 8.42 Å². The summed E-state index contributed by atoms with van der Waals surface area (Å²) in [5, 5.41) is 3.78. The van der Waals surface area contributed by atoms with Crippen LogP contribution in [0.15, 0.2) is 58.5 Å². The van der Waals surface area contributed by atoms with Gasteiger partial charge in [-0.2, -0.15) is 13.5 Å². The van der Waals surface area contributed by atoms with E-state index >= 15 is 0 Å². The van der Waals surface area contributed by atoms with Gasteiger partial charge in [-0.15, -0.1) is 0 Å². The van der Waals surface area contributed by atoms with Crippen LogP contribution in [0, 0.1) is 0 Å². The summed E-state index contributed by atoms with van der Waals surface area (Å²) < 4.78 is 34.7. The first-order valence-electron chi connectivity index (χ1n) is 6.97. The van der Waals surface area contributed by atoms with Gasteiger partial charge in [0, 0.05) is 0 Å². The molecule has 23 heavy (non-hydrogen) atoms. The van der Waals surface area contributed by atoms with Crippen LogP contribution >= 0.6 is 0 Å². The third kappa shape index (κ3) is 4.46. The molecule has 0 bridgehead atoms. The maximum absolute atomic E-state index is 12.0. The van der Waals surface area contributed by atoms with E-state index in [0.29, 0.717) is 23.7 Å². The zero-order chi connectivity index (χ0) is 16.7. The Morgan fingerprint density at radius 2 is 1.87 bits per heavy atom. The van der Waals surface area contributed by atoms with Gasteiger partial charge in [0.2, 0.25) is 0 Å². The molecular weight excluding hydrogens is 316 g/mol. The Balaban J connectivity index is 2.12. The third-order valence-electron chi connectivity index (χ3n) is 2.93. The number of nitrogens with zero attached hydrogens (tertiary/aromatic N) is 1. The van der Waals surface area contributed by atoms with Crippen molar-refractivity contribution in [2.75, 3.05) is 13.7 Å². The van der Waals surface area contributed by atoms with Gasteiger partial charge in [-0.05, 0) is 42.8 Å². The molecule has 0 saturated heterocycles. The predicted octanol–water partition coefficient (Wildman–Crippen LogP) is 2.41. The van der Waals surface area contributed by atoms with Crippen molar-refractivity contribution < 1.29 is 17.9 Å². The number of ether oxygens (including phenoxy) is 2. The maximum Gasteiger partial charge on any atom is 0.276 e. The van der Waals surface area contributed by atoms with E-state index in [-0.39, 0.29) is 4.90 Å². The number of methoxy groups -OCH3 is 1. The van der Waals surface area contributed by atoms with Crippen LogP contribution in [0.1, 0.15) is 12.5 Å². The first-order chi connectivity index (χ1) is 11.1. The standard InChI is InChI=1S/C16H18N2O4S/c1-3-22-15-10-9-13(11-16(15)21-2)12-17-18-23(19,20)14-7-5-4-6-8-14/h4-12,18H,3H2,1-2H3. The molecule has 7 heteroatoms.